The van der Waals surface area contributed by atoms with Gasteiger partial charge in [0.25, 0.3) is 0 Å². The van der Waals surface area contributed by atoms with Crippen molar-refractivity contribution in [1.82, 2.24) is 4.72 Å². The summed E-state index contributed by atoms with van der Waals surface area (Å²) in [6.07, 6.45) is -2.16. The maximum Gasteiger partial charge on any atom is 0.573 e. The number of anilines is 2. The number of ether oxygens (including phenoxy) is 2. The lowest BCUT2D eigenvalue weighted by atomic mass is 9.89. The predicted octanol–water partition coefficient (Wildman–Crippen LogP) is 6.50. The Balaban J connectivity index is 1.44. The molecule has 1 heterocycles. The molecular formula is C27H28F3N3O4S. The molecule has 1 unspecified atom stereocenters. The van der Waals surface area contributed by atoms with E-state index in [-0.39, 0.29) is 4.90 Å². The highest BCUT2D eigenvalue weighted by Crippen LogP contribution is 2.48. The number of nitrogens with one attached hydrogen (secondary N) is 2. The van der Waals surface area contributed by atoms with E-state index in [0.29, 0.717) is 24.3 Å². The first-order valence-electron chi connectivity index (χ1n) is 12.4. The summed E-state index contributed by atoms with van der Waals surface area (Å²) >= 11 is 0. The van der Waals surface area contributed by atoms with Crippen molar-refractivity contribution in [3.63, 3.8) is 0 Å². The van der Waals surface area contributed by atoms with Gasteiger partial charge in [0.15, 0.2) is 11.5 Å². The van der Waals surface area contributed by atoms with Gasteiger partial charge in [-0.3, -0.25) is 0 Å². The van der Waals surface area contributed by atoms with Crippen molar-refractivity contribution >= 4 is 21.3 Å². The molecule has 1 saturated carbocycles. The predicted molar refractivity (Wildman–Crippen MR) is 137 cm³/mol. The molecule has 1 fully saturated rings. The van der Waals surface area contributed by atoms with E-state index in [9.17, 15) is 22.5 Å². The minimum absolute atomic E-state index is 0.0000947. The third-order valence-corrected chi connectivity index (χ3v) is 8.40. The Kier molecular flexibility index (Phi) is 7.26. The maximum absolute atomic E-state index is 13.4. The summed E-state index contributed by atoms with van der Waals surface area (Å²) in [6, 6.07) is 18.4. The van der Waals surface area contributed by atoms with Crippen LogP contribution in [0.3, 0.4) is 0 Å². The van der Waals surface area contributed by atoms with Crippen molar-refractivity contribution in [3.05, 3.63) is 72.8 Å². The minimum Gasteiger partial charge on any atom is -0.453 e. The SMILES string of the molecule is N=S(=O)(N[C@@H]1CCCCC[C@@H](N2c3ccccc3Oc3ccccc32)[C@H]1O)c1ccc(OC(F)(F)F)cc1. The Bertz CT molecular complexity index is 1340. The summed E-state index contributed by atoms with van der Waals surface area (Å²) in [7, 11) is -3.65. The molecule has 2 aliphatic rings. The molecule has 1 aliphatic carbocycles. The third-order valence-electron chi connectivity index (χ3n) is 6.83. The standard InChI is InChI=1S/C27H28F3N3O4S/c28-27(29,30)37-18-14-16-19(17-15-18)38(31,35)32-20-8-2-1-3-11-23(26(20)34)33-21-9-4-6-12-24(21)36-25-13-7-5-10-22(25)33/h4-7,9-10,12-17,20,23,26,34H,1-3,8,11H2,(H2,31,32,35)/t20-,23-,26+,38?/m1/s1. The van der Waals surface area contributed by atoms with Crippen LogP contribution in [0.15, 0.2) is 77.7 Å². The number of alkyl halides is 3. The van der Waals surface area contributed by atoms with Gasteiger partial charge in [0, 0.05) is 6.04 Å². The smallest absolute Gasteiger partial charge is 0.453 e. The van der Waals surface area contributed by atoms with Gasteiger partial charge in [-0.1, -0.05) is 43.5 Å². The second kappa shape index (κ2) is 10.5. The van der Waals surface area contributed by atoms with Crippen LogP contribution in [-0.2, 0) is 9.92 Å². The number of rotatable bonds is 5. The van der Waals surface area contributed by atoms with Crippen LogP contribution < -0.4 is 19.1 Å². The van der Waals surface area contributed by atoms with Crippen molar-refractivity contribution in [1.29, 1.82) is 4.78 Å². The van der Waals surface area contributed by atoms with Crippen LogP contribution in [-0.4, -0.2) is 33.9 Å². The van der Waals surface area contributed by atoms with Gasteiger partial charge < -0.3 is 19.5 Å². The third kappa shape index (κ3) is 5.59. The topological polar surface area (TPSA) is 94.9 Å². The first kappa shape index (κ1) is 26.3. The quantitative estimate of drug-likeness (QED) is 0.339. The van der Waals surface area contributed by atoms with Crippen molar-refractivity contribution < 1.29 is 32.0 Å². The van der Waals surface area contributed by atoms with E-state index in [1.807, 2.05) is 48.5 Å². The molecule has 0 radical (unpaired) electrons. The lowest BCUT2D eigenvalue weighted by Crippen LogP contribution is -2.54. The molecule has 0 amide bonds. The van der Waals surface area contributed by atoms with Crippen molar-refractivity contribution in [2.45, 2.75) is 61.5 Å². The van der Waals surface area contributed by atoms with Crippen LogP contribution in [0.25, 0.3) is 0 Å². The zero-order valence-electron chi connectivity index (χ0n) is 20.4. The van der Waals surface area contributed by atoms with Gasteiger partial charge in [0.1, 0.15) is 15.7 Å². The van der Waals surface area contributed by atoms with Crippen LogP contribution in [0.1, 0.15) is 32.1 Å². The van der Waals surface area contributed by atoms with Crippen LogP contribution in [0, 0.1) is 4.78 Å². The number of halogens is 3. The van der Waals surface area contributed by atoms with Gasteiger partial charge in [-0.2, -0.15) is 0 Å². The van der Waals surface area contributed by atoms with E-state index < -0.39 is 40.2 Å². The molecular weight excluding hydrogens is 519 g/mol. The summed E-state index contributed by atoms with van der Waals surface area (Å²) < 4.78 is 72.3. The number of para-hydroxylation sites is 4. The van der Waals surface area contributed by atoms with Gasteiger partial charge in [0.05, 0.1) is 28.4 Å². The molecule has 0 aromatic heterocycles. The Labute approximate surface area is 219 Å². The Morgan fingerprint density at radius 3 is 2.11 bits per heavy atom. The average molecular weight is 548 g/mol. The molecule has 0 saturated heterocycles. The zero-order chi connectivity index (χ0) is 26.9. The molecule has 3 N–H and O–H groups in total. The lowest BCUT2D eigenvalue weighted by molar-refractivity contribution is -0.274. The number of hydrogen-bond donors (Lipinski definition) is 3. The summed E-state index contributed by atoms with van der Waals surface area (Å²) in [5.74, 6) is 0.859. The Morgan fingerprint density at radius 1 is 0.921 bits per heavy atom. The van der Waals surface area contributed by atoms with Crippen LogP contribution in [0.4, 0.5) is 24.5 Å². The number of hydrogen-bond acceptors (Lipinski definition) is 6. The summed E-state index contributed by atoms with van der Waals surface area (Å²) in [5, 5.41) is 11.7. The van der Waals surface area contributed by atoms with Crippen molar-refractivity contribution in [2.24, 2.45) is 0 Å². The van der Waals surface area contributed by atoms with E-state index in [1.165, 1.54) is 12.1 Å². The van der Waals surface area contributed by atoms with Gasteiger partial charge in [0.2, 0.25) is 0 Å². The van der Waals surface area contributed by atoms with Gasteiger partial charge in [-0.05, 0) is 61.4 Å². The summed E-state index contributed by atoms with van der Waals surface area (Å²) in [5.41, 5.74) is 1.61. The Hall–Kier alpha value is -3.28. The molecule has 5 rings (SSSR count). The molecule has 7 nitrogen and oxygen atoms in total. The fraction of sp³-hybridized carbons (Fsp3) is 0.333. The maximum atomic E-state index is 13.4. The van der Waals surface area contributed by atoms with E-state index >= 15 is 0 Å². The van der Waals surface area contributed by atoms with E-state index in [0.717, 1.165) is 42.8 Å². The molecule has 1 aliphatic heterocycles. The van der Waals surface area contributed by atoms with Gasteiger partial charge in [-0.15, -0.1) is 13.2 Å². The number of aliphatic hydroxyl groups excluding tert-OH is 1. The average Bonchev–Trinajstić information content (AvgIpc) is 2.87. The molecule has 11 heteroatoms. The van der Waals surface area contributed by atoms with Gasteiger partial charge in [-0.25, -0.2) is 13.7 Å². The molecule has 38 heavy (non-hydrogen) atoms. The largest absolute Gasteiger partial charge is 0.573 e. The minimum atomic E-state index is -4.85. The number of nitrogens with zero attached hydrogens (tertiary/aromatic N) is 1. The van der Waals surface area contributed by atoms with E-state index in [1.54, 1.807) is 0 Å². The number of fused-ring (bicyclic) bond motifs is 2. The van der Waals surface area contributed by atoms with Crippen LogP contribution in [0.2, 0.25) is 0 Å². The first-order chi connectivity index (χ1) is 18.1. The normalized spacial score (nSPS) is 23.2. The van der Waals surface area contributed by atoms with E-state index in [2.05, 4.69) is 14.4 Å². The fourth-order valence-electron chi connectivity index (χ4n) is 5.12. The van der Waals surface area contributed by atoms with E-state index in [4.69, 9.17) is 9.52 Å². The second-order valence-corrected chi connectivity index (χ2v) is 11.2. The summed E-state index contributed by atoms with van der Waals surface area (Å²) in [6.45, 7) is 0. The van der Waals surface area contributed by atoms with Gasteiger partial charge >= 0.3 is 6.36 Å². The van der Waals surface area contributed by atoms with Crippen LogP contribution in [0.5, 0.6) is 17.2 Å². The second-order valence-electron chi connectivity index (χ2n) is 9.40. The Morgan fingerprint density at radius 2 is 1.50 bits per heavy atom. The van der Waals surface area contributed by atoms with Crippen molar-refractivity contribution in [2.75, 3.05) is 4.90 Å². The first-order valence-corrected chi connectivity index (χ1v) is 13.9. The molecule has 4 atom stereocenters. The lowest BCUT2D eigenvalue weighted by Gasteiger charge is -2.43. The summed E-state index contributed by atoms with van der Waals surface area (Å²) in [4.78, 5) is 2.06. The zero-order valence-corrected chi connectivity index (χ0v) is 21.2. The monoisotopic (exact) mass is 547 g/mol. The number of aliphatic hydroxyl groups is 1. The molecule has 3 aromatic rings. The molecule has 0 bridgehead atoms. The van der Waals surface area contributed by atoms with Crippen LogP contribution >= 0.6 is 0 Å². The van der Waals surface area contributed by atoms with Crippen molar-refractivity contribution in [3.8, 4) is 17.2 Å². The molecule has 0 spiro atoms. The molecule has 3 aromatic carbocycles. The fourth-order valence-corrected chi connectivity index (χ4v) is 6.46. The molecule has 202 valence electrons. The highest BCUT2D eigenvalue weighted by molar-refractivity contribution is 7.90. The highest BCUT2D eigenvalue weighted by Gasteiger charge is 2.39. The number of benzene rings is 3. The highest BCUT2D eigenvalue weighted by atomic mass is 32.2.